The Hall–Kier alpha value is -0.700. The first-order valence-corrected chi connectivity index (χ1v) is 7.22. The fourth-order valence-corrected chi connectivity index (χ4v) is 1.78. The van der Waals surface area contributed by atoms with Gasteiger partial charge < -0.3 is 10.1 Å². The van der Waals surface area contributed by atoms with E-state index in [1.807, 2.05) is 12.1 Å². The number of benzene rings is 1. The van der Waals surface area contributed by atoms with Crippen molar-refractivity contribution in [3.05, 3.63) is 39.9 Å². The fraction of sp³-hybridized carbons (Fsp3) is 0.467. The van der Waals surface area contributed by atoms with Gasteiger partial charge in [0, 0.05) is 17.6 Å². The maximum absolute atomic E-state index is 5.83. The number of nitrogens with one attached hydrogen (secondary N) is 1. The van der Waals surface area contributed by atoms with Gasteiger partial charge in [0.1, 0.15) is 12.4 Å². The predicted octanol–water partition coefficient (Wildman–Crippen LogP) is 4.44. The summed E-state index contributed by atoms with van der Waals surface area (Å²) in [7, 11) is 0. The molecule has 0 bridgehead atoms. The third-order valence-electron chi connectivity index (χ3n) is 2.57. The van der Waals surface area contributed by atoms with E-state index in [4.69, 9.17) is 27.9 Å². The Morgan fingerprint density at radius 2 is 2.16 bits per heavy atom. The predicted molar refractivity (Wildman–Crippen MR) is 83.0 cm³/mol. The van der Waals surface area contributed by atoms with Gasteiger partial charge in [0.15, 0.2) is 0 Å². The third-order valence-corrected chi connectivity index (χ3v) is 3.16. The lowest BCUT2D eigenvalue weighted by Gasteiger charge is -2.13. The summed E-state index contributed by atoms with van der Waals surface area (Å²) in [5.41, 5.74) is 3.68. The normalized spacial score (nSPS) is 12.0. The quantitative estimate of drug-likeness (QED) is 0.804. The summed E-state index contributed by atoms with van der Waals surface area (Å²) in [5.74, 6) is 1.47. The number of ether oxygens (including phenoxy) is 1. The topological polar surface area (TPSA) is 21.3 Å². The molecule has 106 valence electrons. The average molecular weight is 302 g/mol. The van der Waals surface area contributed by atoms with E-state index in [0.717, 1.165) is 24.4 Å². The van der Waals surface area contributed by atoms with Gasteiger partial charge in [-0.2, -0.15) is 0 Å². The van der Waals surface area contributed by atoms with Crippen LogP contribution in [0.25, 0.3) is 0 Å². The molecule has 0 amide bonds. The van der Waals surface area contributed by atoms with Crippen molar-refractivity contribution in [1.29, 1.82) is 0 Å². The van der Waals surface area contributed by atoms with Gasteiger partial charge in [-0.25, -0.2) is 0 Å². The van der Waals surface area contributed by atoms with Gasteiger partial charge in [0.05, 0.1) is 5.03 Å². The number of hydrogen-bond donors (Lipinski definition) is 1. The van der Waals surface area contributed by atoms with Gasteiger partial charge in [0.2, 0.25) is 0 Å². The molecule has 1 rings (SSSR count). The Bertz CT molecular complexity index is 430. The number of halogens is 2. The van der Waals surface area contributed by atoms with Crippen molar-refractivity contribution in [2.45, 2.75) is 27.3 Å². The van der Waals surface area contributed by atoms with Crippen molar-refractivity contribution >= 4 is 23.2 Å². The van der Waals surface area contributed by atoms with Crippen LogP contribution in [-0.4, -0.2) is 13.2 Å². The summed E-state index contributed by atoms with van der Waals surface area (Å²) >= 11 is 11.3. The molecule has 0 aliphatic carbocycles. The molecule has 0 aromatic heterocycles. The molecule has 4 heteroatoms. The lowest BCUT2D eigenvalue weighted by Crippen LogP contribution is -2.19. The lowest BCUT2D eigenvalue weighted by molar-refractivity contribution is 0.353. The molecule has 1 aromatic carbocycles. The summed E-state index contributed by atoms with van der Waals surface area (Å²) in [5, 5.41) is 3.91. The molecular formula is C15H21Cl2NO. The Morgan fingerprint density at radius 1 is 1.42 bits per heavy atom. The molecule has 1 N–H and O–H groups in total. The van der Waals surface area contributed by atoms with Crippen LogP contribution < -0.4 is 10.1 Å². The molecule has 2 nitrogen and oxygen atoms in total. The summed E-state index contributed by atoms with van der Waals surface area (Å²) < 4.78 is 5.68. The van der Waals surface area contributed by atoms with Crippen molar-refractivity contribution in [1.82, 2.24) is 5.32 Å². The molecule has 0 unspecified atom stereocenters. The molecule has 0 saturated heterocycles. The zero-order chi connectivity index (χ0) is 14.3. The highest BCUT2D eigenvalue weighted by molar-refractivity contribution is 6.36. The minimum atomic E-state index is 0.297. The van der Waals surface area contributed by atoms with Crippen LogP contribution in [-0.2, 0) is 6.54 Å². The molecule has 1 aromatic rings. The summed E-state index contributed by atoms with van der Waals surface area (Å²) in [4.78, 5) is 0. The van der Waals surface area contributed by atoms with Crippen LogP contribution in [0.4, 0.5) is 0 Å². The molecule has 0 atom stereocenters. The maximum atomic E-state index is 5.83. The number of rotatable bonds is 7. The minimum Gasteiger partial charge on any atom is -0.488 e. The van der Waals surface area contributed by atoms with Crippen molar-refractivity contribution < 1.29 is 4.74 Å². The fourth-order valence-electron chi connectivity index (χ4n) is 1.66. The molecule has 0 saturated carbocycles. The van der Waals surface area contributed by atoms with Crippen LogP contribution in [0.15, 0.2) is 28.8 Å². The number of hydrogen-bond acceptors (Lipinski definition) is 2. The first-order chi connectivity index (χ1) is 9.02. The Morgan fingerprint density at radius 3 is 2.79 bits per heavy atom. The second kappa shape index (κ2) is 8.47. The van der Waals surface area contributed by atoms with Crippen molar-refractivity contribution in [3.63, 3.8) is 0 Å². The highest BCUT2D eigenvalue weighted by Crippen LogP contribution is 2.21. The van der Waals surface area contributed by atoms with Gasteiger partial charge in [-0.05, 0) is 25.5 Å². The van der Waals surface area contributed by atoms with Crippen LogP contribution in [0, 0.1) is 12.8 Å². The molecule has 0 radical (unpaired) electrons. The molecule has 0 aliphatic rings. The van der Waals surface area contributed by atoms with Gasteiger partial charge in [0.25, 0.3) is 0 Å². The van der Waals surface area contributed by atoms with Gasteiger partial charge in [-0.3, -0.25) is 0 Å². The maximum Gasteiger partial charge on any atom is 0.125 e. The molecule has 0 aliphatic heterocycles. The Labute approximate surface area is 125 Å². The van der Waals surface area contributed by atoms with Crippen LogP contribution >= 0.6 is 23.2 Å². The van der Waals surface area contributed by atoms with Crippen molar-refractivity contribution in [3.8, 4) is 5.75 Å². The van der Waals surface area contributed by atoms with Crippen LogP contribution in [0.2, 0.25) is 0 Å². The Balaban J connectivity index is 2.68. The van der Waals surface area contributed by atoms with Crippen LogP contribution in [0.5, 0.6) is 5.75 Å². The van der Waals surface area contributed by atoms with E-state index in [1.165, 1.54) is 11.1 Å². The highest BCUT2D eigenvalue weighted by Gasteiger charge is 2.05. The highest BCUT2D eigenvalue weighted by atomic mass is 35.5. The van der Waals surface area contributed by atoms with Gasteiger partial charge in [-0.15, -0.1) is 0 Å². The summed E-state index contributed by atoms with van der Waals surface area (Å²) in [6.45, 7) is 8.51. The standard InChI is InChI=1S/C15H21Cl2NO/c1-11(2)8-18-9-13-6-12(3)4-5-15(13)19-10-14(17)7-16/h4-7,11,18H,8-10H2,1-3H3. The summed E-state index contributed by atoms with van der Waals surface area (Å²) in [6, 6.07) is 6.13. The van der Waals surface area contributed by atoms with E-state index >= 15 is 0 Å². The van der Waals surface area contributed by atoms with Gasteiger partial charge >= 0.3 is 0 Å². The molecule has 19 heavy (non-hydrogen) atoms. The van der Waals surface area contributed by atoms with E-state index < -0.39 is 0 Å². The summed E-state index contributed by atoms with van der Waals surface area (Å²) in [6.07, 6.45) is 0. The van der Waals surface area contributed by atoms with E-state index in [0.29, 0.717) is 17.6 Å². The zero-order valence-electron chi connectivity index (χ0n) is 11.7. The molecule has 0 heterocycles. The van der Waals surface area contributed by atoms with E-state index in [1.54, 1.807) is 0 Å². The van der Waals surface area contributed by atoms with E-state index in [-0.39, 0.29) is 0 Å². The number of aryl methyl sites for hydroxylation is 1. The minimum absolute atomic E-state index is 0.297. The van der Waals surface area contributed by atoms with Gasteiger partial charge in [-0.1, -0.05) is 54.7 Å². The lowest BCUT2D eigenvalue weighted by atomic mass is 10.1. The van der Waals surface area contributed by atoms with E-state index in [2.05, 4.69) is 32.2 Å². The first-order valence-electron chi connectivity index (χ1n) is 6.40. The first kappa shape index (κ1) is 16.4. The smallest absolute Gasteiger partial charge is 0.125 e. The van der Waals surface area contributed by atoms with Crippen molar-refractivity contribution in [2.24, 2.45) is 5.92 Å². The van der Waals surface area contributed by atoms with E-state index in [9.17, 15) is 0 Å². The molecule has 0 spiro atoms. The van der Waals surface area contributed by atoms with Crippen molar-refractivity contribution in [2.75, 3.05) is 13.2 Å². The molecule has 0 fully saturated rings. The van der Waals surface area contributed by atoms with Crippen LogP contribution in [0.3, 0.4) is 0 Å². The zero-order valence-corrected chi connectivity index (χ0v) is 13.2. The third kappa shape index (κ3) is 6.33. The second-order valence-electron chi connectivity index (χ2n) is 4.98. The largest absolute Gasteiger partial charge is 0.488 e. The Kier molecular flexibility index (Phi) is 7.29. The SMILES string of the molecule is Cc1ccc(OCC(Cl)=CCl)c(CNCC(C)C)c1. The average Bonchev–Trinajstić information content (AvgIpc) is 2.37. The molecular weight excluding hydrogens is 281 g/mol. The second-order valence-corrected chi connectivity index (χ2v) is 5.68. The monoisotopic (exact) mass is 301 g/mol. The van der Waals surface area contributed by atoms with Crippen LogP contribution in [0.1, 0.15) is 25.0 Å².